The van der Waals surface area contributed by atoms with E-state index < -0.39 is 6.36 Å². The average Bonchev–Trinajstić information content (AvgIpc) is 2.51. The molecule has 0 aliphatic carbocycles. The summed E-state index contributed by atoms with van der Waals surface area (Å²) in [6, 6.07) is 6.59. The van der Waals surface area contributed by atoms with Crippen LogP contribution in [0.1, 0.15) is 44.2 Å². The van der Waals surface area contributed by atoms with Gasteiger partial charge in [0.25, 0.3) is 0 Å². The van der Waals surface area contributed by atoms with Gasteiger partial charge in [-0.05, 0) is 24.1 Å². The molecule has 1 atom stereocenters. The Balaban J connectivity index is 0.00000288. The fourth-order valence-electron chi connectivity index (χ4n) is 3.06. The van der Waals surface area contributed by atoms with Crippen LogP contribution in [0.25, 0.3) is 0 Å². The SMILES string of the molecule is CCCCC[C@@H](c1cccc(OC(F)(F)F)c1)N1CCNCC1.Cl.Cl. The summed E-state index contributed by atoms with van der Waals surface area (Å²) in [5.41, 5.74) is 0.907. The molecule has 1 N–H and O–H groups in total. The minimum absolute atomic E-state index is 0. The molecule has 1 heterocycles. The van der Waals surface area contributed by atoms with Crippen molar-refractivity contribution in [1.82, 2.24) is 10.2 Å². The molecule has 8 heteroatoms. The fourth-order valence-corrected chi connectivity index (χ4v) is 3.06. The van der Waals surface area contributed by atoms with Crippen LogP contribution < -0.4 is 10.1 Å². The second-order valence-corrected chi connectivity index (χ2v) is 5.92. The minimum atomic E-state index is -4.65. The zero-order valence-electron chi connectivity index (χ0n) is 14.3. The van der Waals surface area contributed by atoms with Crippen LogP contribution >= 0.6 is 24.8 Å². The first-order chi connectivity index (χ1) is 11.0. The number of piperazine rings is 1. The van der Waals surface area contributed by atoms with Crippen molar-refractivity contribution in [2.24, 2.45) is 0 Å². The Hall–Kier alpha value is -0.690. The summed E-state index contributed by atoms with van der Waals surface area (Å²) in [4.78, 5) is 2.36. The maximum atomic E-state index is 12.4. The van der Waals surface area contributed by atoms with E-state index >= 15 is 0 Å². The summed E-state index contributed by atoms with van der Waals surface area (Å²) in [5.74, 6) is -0.134. The van der Waals surface area contributed by atoms with Crippen LogP contribution in [-0.2, 0) is 0 Å². The molecule has 1 aromatic rings. The summed E-state index contributed by atoms with van der Waals surface area (Å²) in [6.07, 6.45) is -0.336. The maximum Gasteiger partial charge on any atom is 0.573 e. The van der Waals surface area contributed by atoms with Crippen molar-refractivity contribution in [2.45, 2.75) is 45.0 Å². The van der Waals surface area contributed by atoms with Gasteiger partial charge in [-0.15, -0.1) is 38.0 Å². The first-order valence-electron chi connectivity index (χ1n) is 8.30. The van der Waals surface area contributed by atoms with E-state index in [0.717, 1.165) is 57.4 Å². The zero-order valence-corrected chi connectivity index (χ0v) is 16.0. The molecule has 0 bridgehead atoms. The van der Waals surface area contributed by atoms with Gasteiger partial charge in [0.05, 0.1) is 0 Å². The van der Waals surface area contributed by atoms with Gasteiger partial charge in [0.15, 0.2) is 0 Å². The number of benzene rings is 1. The molecule has 0 saturated carbocycles. The molecule has 0 spiro atoms. The normalized spacial score (nSPS) is 16.5. The maximum absolute atomic E-state index is 12.4. The van der Waals surface area contributed by atoms with Crippen molar-refractivity contribution in [3.05, 3.63) is 29.8 Å². The van der Waals surface area contributed by atoms with Crippen LogP contribution in [0.5, 0.6) is 5.75 Å². The molecule has 0 aromatic heterocycles. The van der Waals surface area contributed by atoms with Crippen molar-refractivity contribution in [3.8, 4) is 5.75 Å². The molecule has 1 saturated heterocycles. The minimum Gasteiger partial charge on any atom is -0.406 e. The number of hydrogen-bond donors (Lipinski definition) is 1. The van der Waals surface area contributed by atoms with E-state index in [4.69, 9.17) is 0 Å². The number of hydrogen-bond acceptors (Lipinski definition) is 3. The summed E-state index contributed by atoms with van der Waals surface area (Å²) >= 11 is 0. The first kappa shape index (κ1) is 24.3. The highest BCUT2D eigenvalue weighted by Crippen LogP contribution is 2.31. The molecule has 1 aliphatic heterocycles. The van der Waals surface area contributed by atoms with Crippen LogP contribution in [0.3, 0.4) is 0 Å². The van der Waals surface area contributed by atoms with E-state index in [2.05, 4.69) is 21.9 Å². The molecule has 0 amide bonds. The lowest BCUT2D eigenvalue weighted by Crippen LogP contribution is -2.45. The summed E-state index contributed by atoms with van der Waals surface area (Å²) in [5, 5.41) is 3.32. The highest BCUT2D eigenvalue weighted by Gasteiger charge is 2.31. The van der Waals surface area contributed by atoms with Gasteiger partial charge >= 0.3 is 6.36 Å². The molecule has 25 heavy (non-hydrogen) atoms. The Morgan fingerprint density at radius 2 is 1.84 bits per heavy atom. The number of nitrogens with zero attached hydrogens (tertiary/aromatic N) is 1. The lowest BCUT2D eigenvalue weighted by Gasteiger charge is -2.35. The second-order valence-electron chi connectivity index (χ2n) is 5.92. The van der Waals surface area contributed by atoms with E-state index in [-0.39, 0.29) is 36.6 Å². The van der Waals surface area contributed by atoms with E-state index in [1.54, 1.807) is 6.07 Å². The molecule has 0 radical (unpaired) electrons. The number of rotatable bonds is 7. The van der Waals surface area contributed by atoms with Gasteiger partial charge in [0.2, 0.25) is 0 Å². The molecular formula is C17H27Cl2F3N2O. The van der Waals surface area contributed by atoms with Crippen molar-refractivity contribution < 1.29 is 17.9 Å². The highest BCUT2D eigenvalue weighted by atomic mass is 35.5. The molecular weight excluding hydrogens is 376 g/mol. The fraction of sp³-hybridized carbons (Fsp3) is 0.647. The van der Waals surface area contributed by atoms with Crippen LogP contribution in [0.15, 0.2) is 24.3 Å². The Bertz CT molecular complexity index is 483. The van der Waals surface area contributed by atoms with Gasteiger partial charge in [0.1, 0.15) is 5.75 Å². The van der Waals surface area contributed by atoms with Gasteiger partial charge in [-0.3, -0.25) is 4.90 Å². The standard InChI is InChI=1S/C17H25F3N2O.2ClH/c1-2-3-4-8-16(22-11-9-21-10-12-22)14-6-5-7-15(13-14)23-17(18,19)20;;/h5-7,13,16,21H,2-4,8-12H2,1H3;2*1H/t16-;;/m0../s1. The molecule has 0 unspecified atom stereocenters. The molecule has 2 rings (SSSR count). The molecule has 1 aliphatic rings. The quantitative estimate of drug-likeness (QED) is 0.652. The lowest BCUT2D eigenvalue weighted by molar-refractivity contribution is -0.274. The van der Waals surface area contributed by atoms with Crippen LogP contribution in [0.2, 0.25) is 0 Å². The predicted octanol–water partition coefficient (Wildman–Crippen LogP) is 4.96. The van der Waals surface area contributed by atoms with Gasteiger partial charge in [-0.25, -0.2) is 0 Å². The number of halogens is 5. The van der Waals surface area contributed by atoms with E-state index in [1.165, 1.54) is 12.1 Å². The smallest absolute Gasteiger partial charge is 0.406 e. The third-order valence-electron chi connectivity index (χ3n) is 4.15. The van der Waals surface area contributed by atoms with Crippen molar-refractivity contribution in [1.29, 1.82) is 0 Å². The Labute approximate surface area is 160 Å². The molecule has 3 nitrogen and oxygen atoms in total. The summed E-state index contributed by atoms with van der Waals surface area (Å²) in [6.45, 7) is 5.83. The van der Waals surface area contributed by atoms with Crippen LogP contribution in [-0.4, -0.2) is 37.4 Å². The summed E-state index contributed by atoms with van der Waals surface area (Å²) < 4.78 is 41.4. The van der Waals surface area contributed by atoms with E-state index in [0.29, 0.717) is 0 Å². The Morgan fingerprint density at radius 1 is 1.16 bits per heavy atom. The highest BCUT2D eigenvalue weighted by molar-refractivity contribution is 5.85. The monoisotopic (exact) mass is 402 g/mol. The van der Waals surface area contributed by atoms with E-state index in [9.17, 15) is 13.2 Å². The predicted molar refractivity (Wildman–Crippen MR) is 98.9 cm³/mol. The Morgan fingerprint density at radius 3 is 2.44 bits per heavy atom. The third kappa shape index (κ3) is 8.49. The van der Waals surface area contributed by atoms with Gasteiger partial charge in [-0.1, -0.05) is 38.3 Å². The average molecular weight is 403 g/mol. The number of alkyl halides is 3. The topological polar surface area (TPSA) is 24.5 Å². The van der Waals surface area contributed by atoms with Gasteiger partial charge in [-0.2, -0.15) is 0 Å². The molecule has 146 valence electrons. The van der Waals surface area contributed by atoms with Crippen molar-refractivity contribution in [3.63, 3.8) is 0 Å². The second kappa shape index (κ2) is 11.8. The van der Waals surface area contributed by atoms with Crippen molar-refractivity contribution >= 4 is 24.8 Å². The van der Waals surface area contributed by atoms with Gasteiger partial charge in [0, 0.05) is 32.2 Å². The molecule has 1 aromatic carbocycles. The zero-order chi connectivity index (χ0) is 16.7. The number of unbranched alkanes of at least 4 members (excludes halogenated alkanes) is 2. The lowest BCUT2D eigenvalue weighted by atomic mass is 9.98. The van der Waals surface area contributed by atoms with Gasteiger partial charge < -0.3 is 10.1 Å². The van der Waals surface area contributed by atoms with Crippen LogP contribution in [0, 0.1) is 0 Å². The largest absolute Gasteiger partial charge is 0.573 e. The van der Waals surface area contributed by atoms with E-state index in [1.807, 2.05) is 6.07 Å². The number of ether oxygens (including phenoxy) is 1. The van der Waals surface area contributed by atoms with Crippen LogP contribution in [0.4, 0.5) is 13.2 Å². The number of nitrogens with one attached hydrogen (secondary N) is 1. The molecule has 1 fully saturated rings. The summed E-state index contributed by atoms with van der Waals surface area (Å²) in [7, 11) is 0. The Kier molecular flexibility index (Phi) is 11.5. The third-order valence-corrected chi connectivity index (χ3v) is 4.15. The van der Waals surface area contributed by atoms with Crippen molar-refractivity contribution in [2.75, 3.05) is 26.2 Å². The first-order valence-corrected chi connectivity index (χ1v) is 8.30.